The number of anilines is 4. The number of piperazine rings is 1. The van der Waals surface area contributed by atoms with Crippen molar-refractivity contribution in [3.05, 3.63) is 77.9 Å². The van der Waals surface area contributed by atoms with Gasteiger partial charge in [-0.25, -0.2) is 13.6 Å². The second-order valence-corrected chi connectivity index (χ2v) is 9.18. The summed E-state index contributed by atoms with van der Waals surface area (Å²) in [5.41, 5.74) is 2.33. The predicted molar refractivity (Wildman–Crippen MR) is 152 cm³/mol. The lowest BCUT2D eigenvalue weighted by Gasteiger charge is -2.38. The molecule has 1 aliphatic rings. The van der Waals surface area contributed by atoms with E-state index in [1.165, 1.54) is 0 Å². The average Bonchev–Trinajstić information content (AvgIpc) is 2.97. The van der Waals surface area contributed by atoms with E-state index in [-0.39, 0.29) is 11.6 Å². The third kappa shape index (κ3) is 7.17. The molecule has 1 saturated heterocycles. The maximum Gasteiger partial charge on any atom is 0.323 e. The van der Waals surface area contributed by atoms with Crippen LogP contribution < -0.4 is 30.5 Å². The van der Waals surface area contributed by atoms with Gasteiger partial charge in [0.05, 0.1) is 24.0 Å². The van der Waals surface area contributed by atoms with Crippen molar-refractivity contribution in [1.82, 2.24) is 5.32 Å². The number of nitrogens with zero attached hydrogens (tertiary/aromatic N) is 2. The zero-order chi connectivity index (χ0) is 28.5. The summed E-state index contributed by atoms with van der Waals surface area (Å²) in [5.74, 6) is -1.12. The number of nitrogens with one attached hydrogen (secondary N) is 3. The standard InChI is InChI=1S/C29H33F2N5O4/c1-39-17-5-12-32-28(37)22-19-21(33-29(38)34-24-10-8-20(30)18-23(24)31)9-11-25(22)35-13-15-36(16-14-35)26-6-3-4-7-27(26)40-2/h3-4,6-11,18-19H,5,12-17H2,1-2H3,(H,32,37)(H2,33,34,38). The van der Waals surface area contributed by atoms with Gasteiger partial charge in [0.2, 0.25) is 0 Å². The van der Waals surface area contributed by atoms with Gasteiger partial charge in [0.25, 0.3) is 5.91 Å². The van der Waals surface area contributed by atoms with Crippen LogP contribution in [0.1, 0.15) is 16.8 Å². The number of rotatable bonds is 10. The van der Waals surface area contributed by atoms with Crippen LogP contribution in [0.4, 0.5) is 36.3 Å². The van der Waals surface area contributed by atoms with Gasteiger partial charge in [-0.1, -0.05) is 12.1 Å². The number of amides is 3. The SMILES string of the molecule is COCCCNC(=O)c1cc(NC(=O)Nc2ccc(F)cc2F)ccc1N1CCN(c2ccccc2OC)CC1. The lowest BCUT2D eigenvalue weighted by Crippen LogP contribution is -2.47. The molecule has 1 heterocycles. The Kier molecular flexibility index (Phi) is 9.74. The normalized spacial score (nSPS) is 13.1. The van der Waals surface area contributed by atoms with Crippen LogP contribution in [0.5, 0.6) is 5.75 Å². The van der Waals surface area contributed by atoms with Crippen LogP contribution in [-0.2, 0) is 4.74 Å². The van der Waals surface area contributed by atoms with Gasteiger partial charge in [0, 0.05) is 63.9 Å². The molecule has 4 rings (SSSR count). The van der Waals surface area contributed by atoms with Crippen molar-refractivity contribution in [3.8, 4) is 5.75 Å². The van der Waals surface area contributed by atoms with E-state index < -0.39 is 17.7 Å². The molecule has 0 aliphatic carbocycles. The number of ether oxygens (including phenoxy) is 2. The molecule has 3 aromatic carbocycles. The Morgan fingerprint density at radius 3 is 2.30 bits per heavy atom. The summed E-state index contributed by atoms with van der Waals surface area (Å²) in [4.78, 5) is 30.1. The number of halogens is 2. The minimum atomic E-state index is -0.895. The van der Waals surface area contributed by atoms with Gasteiger partial charge in [-0.05, 0) is 48.9 Å². The molecule has 0 bridgehead atoms. The van der Waals surface area contributed by atoms with E-state index in [0.29, 0.717) is 50.0 Å². The summed E-state index contributed by atoms with van der Waals surface area (Å²) in [7, 11) is 3.25. The van der Waals surface area contributed by atoms with E-state index in [0.717, 1.165) is 42.3 Å². The zero-order valence-electron chi connectivity index (χ0n) is 22.5. The molecule has 3 amide bonds. The summed E-state index contributed by atoms with van der Waals surface area (Å²) in [6, 6.07) is 15.1. The molecule has 0 radical (unpaired) electrons. The number of carbonyl (C=O) groups excluding carboxylic acids is 2. The van der Waals surface area contributed by atoms with E-state index in [1.54, 1.807) is 32.4 Å². The molecular weight excluding hydrogens is 520 g/mol. The van der Waals surface area contributed by atoms with E-state index >= 15 is 0 Å². The van der Waals surface area contributed by atoms with Gasteiger partial charge in [-0.2, -0.15) is 0 Å². The second-order valence-electron chi connectivity index (χ2n) is 9.18. The average molecular weight is 554 g/mol. The predicted octanol–water partition coefficient (Wildman–Crippen LogP) is 4.71. The Morgan fingerprint density at radius 2 is 1.60 bits per heavy atom. The first-order valence-electron chi connectivity index (χ1n) is 13.0. The summed E-state index contributed by atoms with van der Waals surface area (Å²) >= 11 is 0. The van der Waals surface area contributed by atoms with E-state index in [2.05, 4.69) is 25.8 Å². The molecule has 0 aromatic heterocycles. The highest BCUT2D eigenvalue weighted by Gasteiger charge is 2.24. The third-order valence-electron chi connectivity index (χ3n) is 6.54. The number of urea groups is 1. The smallest absolute Gasteiger partial charge is 0.323 e. The first-order valence-corrected chi connectivity index (χ1v) is 13.0. The first kappa shape index (κ1) is 28.6. The summed E-state index contributed by atoms with van der Waals surface area (Å²) in [6.07, 6.45) is 0.652. The quantitative estimate of drug-likeness (QED) is 0.315. The molecule has 1 aliphatic heterocycles. The van der Waals surface area contributed by atoms with Crippen LogP contribution in [0.15, 0.2) is 60.7 Å². The third-order valence-corrected chi connectivity index (χ3v) is 6.54. The lowest BCUT2D eigenvalue weighted by atomic mass is 10.1. The van der Waals surface area contributed by atoms with Crippen LogP contribution in [0.3, 0.4) is 0 Å². The second kappa shape index (κ2) is 13.6. The highest BCUT2D eigenvalue weighted by Crippen LogP contribution is 2.31. The van der Waals surface area contributed by atoms with Crippen LogP contribution in [0.2, 0.25) is 0 Å². The van der Waals surface area contributed by atoms with Crippen molar-refractivity contribution in [3.63, 3.8) is 0 Å². The zero-order valence-corrected chi connectivity index (χ0v) is 22.5. The van der Waals surface area contributed by atoms with Gasteiger partial charge in [0.1, 0.15) is 17.4 Å². The monoisotopic (exact) mass is 553 g/mol. The fourth-order valence-electron chi connectivity index (χ4n) is 4.54. The molecule has 0 unspecified atom stereocenters. The number of carbonyl (C=O) groups is 2. The Morgan fingerprint density at radius 1 is 0.875 bits per heavy atom. The maximum atomic E-state index is 14.0. The summed E-state index contributed by atoms with van der Waals surface area (Å²) in [5, 5.41) is 7.89. The minimum Gasteiger partial charge on any atom is -0.495 e. The molecule has 1 fully saturated rings. The maximum absolute atomic E-state index is 14.0. The molecular formula is C29H33F2N5O4. The molecule has 0 spiro atoms. The topological polar surface area (TPSA) is 95.2 Å². The van der Waals surface area contributed by atoms with Crippen LogP contribution in [0, 0.1) is 11.6 Å². The van der Waals surface area contributed by atoms with Crippen molar-refractivity contribution in [2.75, 3.05) is 74.0 Å². The molecule has 212 valence electrons. The summed E-state index contributed by atoms with van der Waals surface area (Å²) in [6.45, 7) is 3.72. The van der Waals surface area contributed by atoms with Gasteiger partial charge >= 0.3 is 6.03 Å². The molecule has 11 heteroatoms. The van der Waals surface area contributed by atoms with Crippen LogP contribution in [-0.4, -0.2) is 65.5 Å². The minimum absolute atomic E-state index is 0.167. The molecule has 9 nitrogen and oxygen atoms in total. The van der Waals surface area contributed by atoms with Gasteiger partial charge in [0.15, 0.2) is 0 Å². The highest BCUT2D eigenvalue weighted by molar-refractivity contribution is 6.04. The van der Waals surface area contributed by atoms with E-state index in [9.17, 15) is 18.4 Å². The first-order chi connectivity index (χ1) is 19.4. The number of para-hydroxylation sites is 2. The highest BCUT2D eigenvalue weighted by atomic mass is 19.1. The number of hydrogen-bond donors (Lipinski definition) is 3. The van der Waals surface area contributed by atoms with Gasteiger partial charge in [-0.3, -0.25) is 4.79 Å². The van der Waals surface area contributed by atoms with Gasteiger partial charge in [-0.15, -0.1) is 0 Å². The number of benzene rings is 3. The molecule has 0 saturated carbocycles. The number of hydrogen-bond acceptors (Lipinski definition) is 6. The Balaban J connectivity index is 1.50. The Bertz CT molecular complexity index is 1330. The Hall–Kier alpha value is -4.38. The lowest BCUT2D eigenvalue weighted by molar-refractivity contribution is 0.0949. The van der Waals surface area contributed by atoms with Crippen LogP contribution >= 0.6 is 0 Å². The van der Waals surface area contributed by atoms with Crippen molar-refractivity contribution < 1.29 is 27.8 Å². The molecule has 3 aromatic rings. The van der Waals surface area contributed by atoms with Crippen molar-refractivity contribution in [1.29, 1.82) is 0 Å². The fourth-order valence-corrected chi connectivity index (χ4v) is 4.54. The van der Waals surface area contributed by atoms with Crippen molar-refractivity contribution in [2.24, 2.45) is 0 Å². The Labute approximate surface area is 232 Å². The van der Waals surface area contributed by atoms with Crippen LogP contribution in [0.25, 0.3) is 0 Å². The van der Waals surface area contributed by atoms with Crippen molar-refractivity contribution in [2.45, 2.75) is 6.42 Å². The largest absolute Gasteiger partial charge is 0.495 e. The fraction of sp³-hybridized carbons (Fsp3) is 0.310. The van der Waals surface area contributed by atoms with Gasteiger partial charge < -0.3 is 35.2 Å². The van der Waals surface area contributed by atoms with Crippen molar-refractivity contribution >= 4 is 34.7 Å². The molecule has 40 heavy (non-hydrogen) atoms. The molecule has 3 N–H and O–H groups in total. The number of methoxy groups -OCH3 is 2. The van der Waals surface area contributed by atoms with E-state index in [4.69, 9.17) is 9.47 Å². The molecule has 0 atom stereocenters. The van der Waals surface area contributed by atoms with E-state index in [1.807, 2.05) is 24.3 Å². The summed E-state index contributed by atoms with van der Waals surface area (Å²) < 4.78 is 37.7.